The predicted octanol–water partition coefficient (Wildman–Crippen LogP) is 0.916. The largest absolute Gasteiger partial charge is 0.354 e. The lowest BCUT2D eigenvalue weighted by molar-refractivity contribution is -0.121. The molecule has 1 aromatic rings. The number of aromatic amines is 1. The van der Waals surface area contributed by atoms with Crippen LogP contribution in [0.15, 0.2) is 5.16 Å². The van der Waals surface area contributed by atoms with Gasteiger partial charge in [-0.15, -0.1) is 5.10 Å². The smallest absolute Gasteiger partial charge is 0.235 e. The van der Waals surface area contributed by atoms with Crippen molar-refractivity contribution in [1.29, 1.82) is 0 Å². The third-order valence-corrected chi connectivity index (χ3v) is 6.07. The molecule has 0 aromatic carbocycles. The lowest BCUT2D eigenvalue weighted by Crippen LogP contribution is -2.46. The van der Waals surface area contributed by atoms with Crippen LogP contribution in [0.4, 0.5) is 0 Å². The number of hydrogen-bond acceptors (Lipinski definition) is 6. The fourth-order valence-electron chi connectivity index (χ4n) is 2.80. The Morgan fingerprint density at radius 1 is 1.38 bits per heavy atom. The predicted molar refractivity (Wildman–Crippen MR) is 93.3 cm³/mol. The Hall–Kier alpha value is -1.13. The normalized spacial score (nSPS) is 16.5. The van der Waals surface area contributed by atoms with E-state index in [9.17, 15) is 13.2 Å². The molecule has 1 aromatic heterocycles. The maximum atomic E-state index is 12.1. The summed E-state index contributed by atoms with van der Waals surface area (Å²) in [6.07, 6.45) is 6.02. The standard InChI is InChI=1S/C14H25N5O3S2/c1-11-16-14(18-17-11)23-9-8-15-13(20)10-19(24(2,21)22)12-6-4-3-5-7-12/h12H,3-10H2,1-2H3,(H,15,20)(H,16,17,18). The van der Waals surface area contributed by atoms with Gasteiger partial charge in [-0.2, -0.15) is 4.31 Å². The fourth-order valence-corrected chi connectivity index (χ4v) is 4.61. The first kappa shape index (κ1) is 19.2. The molecule has 8 nitrogen and oxygen atoms in total. The molecule has 136 valence electrons. The number of H-pyrrole nitrogens is 1. The van der Waals surface area contributed by atoms with Crippen molar-refractivity contribution in [3.63, 3.8) is 0 Å². The van der Waals surface area contributed by atoms with Gasteiger partial charge in [0.05, 0.1) is 12.8 Å². The van der Waals surface area contributed by atoms with Crippen LogP contribution in [0.25, 0.3) is 0 Å². The number of nitrogens with one attached hydrogen (secondary N) is 2. The summed E-state index contributed by atoms with van der Waals surface area (Å²) in [4.78, 5) is 16.3. The molecular weight excluding hydrogens is 350 g/mol. The van der Waals surface area contributed by atoms with Crippen LogP contribution in [-0.2, 0) is 14.8 Å². The molecule has 0 bridgehead atoms. The van der Waals surface area contributed by atoms with E-state index in [-0.39, 0.29) is 18.5 Å². The number of rotatable bonds is 8. The summed E-state index contributed by atoms with van der Waals surface area (Å²) in [6.45, 7) is 2.16. The molecular formula is C14H25N5O3S2. The van der Waals surface area contributed by atoms with E-state index in [1.165, 1.54) is 22.3 Å². The molecule has 0 aliphatic heterocycles. The van der Waals surface area contributed by atoms with E-state index in [0.717, 1.165) is 37.9 Å². The fraction of sp³-hybridized carbons (Fsp3) is 0.786. The van der Waals surface area contributed by atoms with Crippen LogP contribution in [0, 0.1) is 6.92 Å². The van der Waals surface area contributed by atoms with Gasteiger partial charge in [0.15, 0.2) is 0 Å². The van der Waals surface area contributed by atoms with Gasteiger partial charge in [-0.25, -0.2) is 13.4 Å². The van der Waals surface area contributed by atoms with Gasteiger partial charge in [-0.1, -0.05) is 31.0 Å². The molecule has 10 heteroatoms. The van der Waals surface area contributed by atoms with Gasteiger partial charge in [0.2, 0.25) is 21.1 Å². The molecule has 1 aliphatic carbocycles. The summed E-state index contributed by atoms with van der Waals surface area (Å²) in [5.74, 6) is 1.11. The maximum absolute atomic E-state index is 12.1. The number of hydrogen-bond donors (Lipinski definition) is 2. The van der Waals surface area contributed by atoms with Crippen LogP contribution < -0.4 is 5.32 Å². The molecule has 0 radical (unpaired) electrons. The molecule has 0 atom stereocenters. The number of nitrogens with zero attached hydrogens (tertiary/aromatic N) is 3. The number of aromatic nitrogens is 3. The summed E-state index contributed by atoms with van der Waals surface area (Å²) in [5, 5.41) is 10.2. The van der Waals surface area contributed by atoms with Gasteiger partial charge in [0.25, 0.3) is 0 Å². The Bertz CT molecular complexity index is 641. The van der Waals surface area contributed by atoms with Crippen molar-refractivity contribution >= 4 is 27.7 Å². The Kier molecular flexibility index (Phi) is 7.05. The van der Waals surface area contributed by atoms with Crippen molar-refractivity contribution in [3.8, 4) is 0 Å². The molecule has 1 heterocycles. The van der Waals surface area contributed by atoms with Crippen molar-refractivity contribution in [2.45, 2.75) is 50.2 Å². The summed E-state index contributed by atoms with van der Waals surface area (Å²) in [5.41, 5.74) is 0. The van der Waals surface area contributed by atoms with Gasteiger partial charge in [-0.3, -0.25) is 9.89 Å². The monoisotopic (exact) mass is 375 g/mol. The van der Waals surface area contributed by atoms with E-state index >= 15 is 0 Å². The zero-order valence-electron chi connectivity index (χ0n) is 14.1. The molecule has 0 saturated heterocycles. The second kappa shape index (κ2) is 8.82. The Morgan fingerprint density at radius 2 is 2.08 bits per heavy atom. The molecule has 24 heavy (non-hydrogen) atoms. The summed E-state index contributed by atoms with van der Waals surface area (Å²) in [6, 6.07) is -0.0508. The molecule has 1 amide bonds. The molecule has 0 unspecified atom stereocenters. The molecule has 1 saturated carbocycles. The van der Waals surface area contributed by atoms with E-state index in [1.807, 2.05) is 6.92 Å². The third-order valence-electron chi connectivity index (χ3n) is 3.94. The number of sulfonamides is 1. The quantitative estimate of drug-likeness (QED) is 0.517. The summed E-state index contributed by atoms with van der Waals surface area (Å²) >= 11 is 1.44. The number of aryl methyl sites for hydroxylation is 1. The minimum atomic E-state index is -3.39. The van der Waals surface area contributed by atoms with Crippen LogP contribution in [0.2, 0.25) is 0 Å². The first-order valence-electron chi connectivity index (χ1n) is 8.11. The van der Waals surface area contributed by atoms with Crippen molar-refractivity contribution in [2.75, 3.05) is 25.1 Å². The van der Waals surface area contributed by atoms with Crippen LogP contribution in [0.3, 0.4) is 0 Å². The second-order valence-electron chi connectivity index (χ2n) is 6.00. The molecule has 1 fully saturated rings. The summed E-state index contributed by atoms with van der Waals surface area (Å²) < 4.78 is 25.4. The highest BCUT2D eigenvalue weighted by Crippen LogP contribution is 2.24. The highest BCUT2D eigenvalue weighted by molar-refractivity contribution is 7.99. The van der Waals surface area contributed by atoms with Crippen LogP contribution >= 0.6 is 11.8 Å². The van der Waals surface area contributed by atoms with Gasteiger partial charge in [-0.05, 0) is 19.8 Å². The third kappa shape index (κ3) is 6.06. The second-order valence-corrected chi connectivity index (χ2v) is 9.00. The zero-order chi connectivity index (χ0) is 17.6. The first-order valence-corrected chi connectivity index (χ1v) is 10.9. The van der Waals surface area contributed by atoms with Crippen molar-refractivity contribution < 1.29 is 13.2 Å². The van der Waals surface area contributed by atoms with E-state index in [4.69, 9.17) is 0 Å². The minimum Gasteiger partial charge on any atom is -0.354 e. The van der Waals surface area contributed by atoms with E-state index in [0.29, 0.717) is 17.5 Å². The van der Waals surface area contributed by atoms with Crippen LogP contribution in [-0.4, -0.2) is 65.0 Å². The van der Waals surface area contributed by atoms with Crippen molar-refractivity contribution in [1.82, 2.24) is 24.8 Å². The Labute approximate surface area is 147 Å². The number of amides is 1. The average Bonchev–Trinajstić information content (AvgIpc) is 2.94. The lowest BCUT2D eigenvalue weighted by atomic mass is 9.95. The molecule has 1 aliphatic rings. The van der Waals surface area contributed by atoms with Gasteiger partial charge in [0.1, 0.15) is 5.82 Å². The van der Waals surface area contributed by atoms with Gasteiger partial charge >= 0.3 is 0 Å². The van der Waals surface area contributed by atoms with Crippen LogP contribution in [0.1, 0.15) is 37.9 Å². The summed E-state index contributed by atoms with van der Waals surface area (Å²) in [7, 11) is -3.39. The van der Waals surface area contributed by atoms with Crippen LogP contribution in [0.5, 0.6) is 0 Å². The van der Waals surface area contributed by atoms with E-state index < -0.39 is 10.0 Å². The van der Waals surface area contributed by atoms with Crippen molar-refractivity contribution in [3.05, 3.63) is 5.82 Å². The zero-order valence-corrected chi connectivity index (χ0v) is 15.8. The van der Waals surface area contributed by atoms with Crippen molar-refractivity contribution in [2.24, 2.45) is 0 Å². The minimum absolute atomic E-state index is 0.0508. The van der Waals surface area contributed by atoms with E-state index in [1.54, 1.807) is 0 Å². The first-order chi connectivity index (χ1) is 11.4. The molecule has 2 rings (SSSR count). The number of carbonyl (C=O) groups is 1. The molecule has 2 N–H and O–H groups in total. The maximum Gasteiger partial charge on any atom is 0.235 e. The number of carbonyl (C=O) groups excluding carboxylic acids is 1. The highest BCUT2D eigenvalue weighted by atomic mass is 32.2. The van der Waals surface area contributed by atoms with Gasteiger partial charge in [0, 0.05) is 18.3 Å². The van der Waals surface area contributed by atoms with Gasteiger partial charge < -0.3 is 5.32 Å². The topological polar surface area (TPSA) is 108 Å². The highest BCUT2D eigenvalue weighted by Gasteiger charge is 2.29. The molecule has 0 spiro atoms. The Morgan fingerprint density at radius 3 is 2.67 bits per heavy atom. The number of thioether (sulfide) groups is 1. The van der Waals surface area contributed by atoms with E-state index in [2.05, 4.69) is 20.5 Å². The Balaban J connectivity index is 1.77. The SMILES string of the molecule is Cc1nc(SCCNC(=O)CN(C2CCCCC2)S(C)(=O)=O)n[nH]1. The average molecular weight is 376 g/mol. The lowest BCUT2D eigenvalue weighted by Gasteiger charge is -2.31.